The van der Waals surface area contributed by atoms with Gasteiger partial charge >= 0.3 is 0 Å². The number of phenols is 1. The average Bonchev–Trinajstić information content (AvgIpc) is 2.45. The van der Waals surface area contributed by atoms with E-state index in [9.17, 15) is 4.39 Å². The number of halogens is 1. The van der Waals surface area contributed by atoms with Gasteiger partial charge in [0.15, 0.2) is 11.6 Å². The zero-order chi connectivity index (χ0) is 7.84. The van der Waals surface area contributed by atoms with Crippen molar-refractivity contribution >= 4 is 0 Å². The zero-order valence-corrected chi connectivity index (χ0v) is 6.10. The van der Waals surface area contributed by atoms with Crippen LogP contribution in [0.1, 0.15) is 17.5 Å². The van der Waals surface area contributed by atoms with E-state index in [1.54, 1.807) is 6.07 Å². The van der Waals surface area contributed by atoms with Gasteiger partial charge in [-0.25, -0.2) is 4.39 Å². The van der Waals surface area contributed by atoms with Crippen LogP contribution in [0.15, 0.2) is 12.1 Å². The summed E-state index contributed by atoms with van der Waals surface area (Å²) in [5.74, 6) is -0.634. The second-order valence-corrected chi connectivity index (χ2v) is 2.89. The van der Waals surface area contributed by atoms with Gasteiger partial charge in [0.2, 0.25) is 0 Å². The standard InChI is InChI=1S/C9H9FO/c10-9-7-3-1-2-6(7)4-5-8(9)11/h4-5,11H,1-3H2. The summed E-state index contributed by atoms with van der Waals surface area (Å²) in [6.45, 7) is 0. The lowest BCUT2D eigenvalue weighted by Crippen LogP contribution is -1.88. The van der Waals surface area contributed by atoms with Crippen molar-refractivity contribution in [3.63, 3.8) is 0 Å². The van der Waals surface area contributed by atoms with Crippen molar-refractivity contribution in [2.24, 2.45) is 0 Å². The van der Waals surface area contributed by atoms with Crippen molar-refractivity contribution in [1.82, 2.24) is 0 Å². The molecule has 1 nitrogen and oxygen atoms in total. The first-order valence-electron chi connectivity index (χ1n) is 3.78. The van der Waals surface area contributed by atoms with E-state index in [1.807, 2.05) is 0 Å². The Labute approximate surface area is 64.5 Å². The van der Waals surface area contributed by atoms with Gasteiger partial charge < -0.3 is 5.11 Å². The molecule has 0 atom stereocenters. The Morgan fingerprint density at radius 1 is 1.27 bits per heavy atom. The van der Waals surface area contributed by atoms with E-state index in [-0.39, 0.29) is 5.75 Å². The van der Waals surface area contributed by atoms with E-state index in [0.29, 0.717) is 5.56 Å². The highest BCUT2D eigenvalue weighted by molar-refractivity contribution is 5.39. The summed E-state index contributed by atoms with van der Waals surface area (Å²) >= 11 is 0. The van der Waals surface area contributed by atoms with Gasteiger partial charge in [-0.2, -0.15) is 0 Å². The first kappa shape index (κ1) is 6.65. The quantitative estimate of drug-likeness (QED) is 0.603. The fraction of sp³-hybridized carbons (Fsp3) is 0.333. The predicted octanol–water partition coefficient (Wildman–Crippen LogP) is 2.02. The van der Waals surface area contributed by atoms with Gasteiger partial charge in [-0.05, 0) is 36.5 Å². The van der Waals surface area contributed by atoms with Crippen LogP contribution >= 0.6 is 0 Å². The fourth-order valence-electron chi connectivity index (χ4n) is 1.61. The minimum Gasteiger partial charge on any atom is -0.505 e. The van der Waals surface area contributed by atoms with Crippen LogP contribution in [-0.4, -0.2) is 5.11 Å². The molecule has 0 aromatic heterocycles. The Hall–Kier alpha value is -1.05. The molecule has 1 aliphatic carbocycles. The molecule has 58 valence electrons. The maximum atomic E-state index is 13.1. The number of hydrogen-bond acceptors (Lipinski definition) is 1. The summed E-state index contributed by atoms with van der Waals surface area (Å²) < 4.78 is 13.1. The number of aryl methyl sites for hydroxylation is 1. The largest absolute Gasteiger partial charge is 0.505 e. The molecule has 0 aliphatic heterocycles. The monoisotopic (exact) mass is 152 g/mol. The molecule has 0 radical (unpaired) electrons. The molecule has 0 bridgehead atoms. The van der Waals surface area contributed by atoms with Gasteiger partial charge in [0.1, 0.15) is 0 Å². The highest BCUT2D eigenvalue weighted by Crippen LogP contribution is 2.29. The summed E-state index contributed by atoms with van der Waals surface area (Å²) in [6, 6.07) is 3.24. The minimum atomic E-state index is -0.417. The van der Waals surface area contributed by atoms with Crippen molar-refractivity contribution in [3.8, 4) is 5.75 Å². The van der Waals surface area contributed by atoms with E-state index < -0.39 is 5.82 Å². The molecule has 1 aromatic carbocycles. The first-order valence-corrected chi connectivity index (χ1v) is 3.78. The van der Waals surface area contributed by atoms with Crippen LogP contribution in [0.4, 0.5) is 4.39 Å². The van der Waals surface area contributed by atoms with Gasteiger partial charge in [-0.1, -0.05) is 6.07 Å². The van der Waals surface area contributed by atoms with Gasteiger partial charge in [-0.3, -0.25) is 0 Å². The predicted molar refractivity (Wildman–Crippen MR) is 40.1 cm³/mol. The van der Waals surface area contributed by atoms with E-state index in [1.165, 1.54) is 6.07 Å². The Balaban J connectivity index is 2.62. The normalized spacial score (nSPS) is 15.0. The lowest BCUT2D eigenvalue weighted by atomic mass is 10.1. The molecule has 2 heteroatoms. The molecule has 0 unspecified atom stereocenters. The molecule has 11 heavy (non-hydrogen) atoms. The van der Waals surface area contributed by atoms with Crippen molar-refractivity contribution in [3.05, 3.63) is 29.1 Å². The molecule has 0 saturated heterocycles. The van der Waals surface area contributed by atoms with Crippen molar-refractivity contribution in [1.29, 1.82) is 0 Å². The topological polar surface area (TPSA) is 20.2 Å². The molecule has 0 amide bonds. The molecular weight excluding hydrogens is 143 g/mol. The average molecular weight is 152 g/mol. The third kappa shape index (κ3) is 0.897. The summed E-state index contributed by atoms with van der Waals surface area (Å²) in [5, 5.41) is 9.01. The second-order valence-electron chi connectivity index (χ2n) is 2.89. The second kappa shape index (κ2) is 2.22. The Morgan fingerprint density at radius 2 is 2.09 bits per heavy atom. The van der Waals surface area contributed by atoms with Gasteiger partial charge in [0, 0.05) is 0 Å². The smallest absolute Gasteiger partial charge is 0.168 e. The molecule has 1 aliphatic rings. The number of aromatic hydroxyl groups is 1. The summed E-state index contributed by atoms with van der Waals surface area (Å²) in [6.07, 6.45) is 2.73. The van der Waals surface area contributed by atoms with Crippen molar-refractivity contribution in [2.75, 3.05) is 0 Å². The van der Waals surface area contributed by atoms with Gasteiger partial charge in [0.25, 0.3) is 0 Å². The lowest BCUT2D eigenvalue weighted by molar-refractivity contribution is 0.429. The molecule has 0 spiro atoms. The van der Waals surface area contributed by atoms with E-state index in [2.05, 4.69) is 0 Å². The van der Waals surface area contributed by atoms with Crippen LogP contribution in [0.3, 0.4) is 0 Å². The van der Waals surface area contributed by atoms with E-state index in [0.717, 1.165) is 24.8 Å². The highest BCUT2D eigenvalue weighted by atomic mass is 19.1. The van der Waals surface area contributed by atoms with Crippen molar-refractivity contribution in [2.45, 2.75) is 19.3 Å². The molecule has 1 aromatic rings. The van der Waals surface area contributed by atoms with Crippen molar-refractivity contribution < 1.29 is 9.50 Å². The Morgan fingerprint density at radius 3 is 2.91 bits per heavy atom. The molecule has 1 N–H and O–H groups in total. The lowest BCUT2D eigenvalue weighted by Gasteiger charge is -2.01. The number of fused-ring (bicyclic) bond motifs is 1. The number of benzene rings is 1. The Bertz CT molecular complexity index is 294. The fourth-order valence-corrected chi connectivity index (χ4v) is 1.61. The van der Waals surface area contributed by atoms with Crippen LogP contribution in [-0.2, 0) is 12.8 Å². The molecule has 0 heterocycles. The van der Waals surface area contributed by atoms with Gasteiger partial charge in [0.05, 0.1) is 0 Å². The maximum Gasteiger partial charge on any atom is 0.168 e. The third-order valence-electron chi connectivity index (χ3n) is 2.19. The highest BCUT2D eigenvalue weighted by Gasteiger charge is 2.16. The summed E-state index contributed by atoms with van der Waals surface area (Å²) in [7, 11) is 0. The Kier molecular flexibility index (Phi) is 1.34. The number of hydrogen-bond donors (Lipinski definition) is 1. The molecular formula is C9H9FO. The van der Waals surface area contributed by atoms with Crippen LogP contribution < -0.4 is 0 Å². The summed E-state index contributed by atoms with van der Waals surface area (Å²) in [5.41, 5.74) is 1.77. The maximum absolute atomic E-state index is 13.1. The molecule has 2 rings (SSSR count). The molecule has 0 fully saturated rings. The van der Waals surface area contributed by atoms with E-state index >= 15 is 0 Å². The zero-order valence-electron chi connectivity index (χ0n) is 6.10. The van der Waals surface area contributed by atoms with Crippen LogP contribution in [0.5, 0.6) is 5.75 Å². The van der Waals surface area contributed by atoms with Crippen LogP contribution in [0.25, 0.3) is 0 Å². The van der Waals surface area contributed by atoms with Crippen LogP contribution in [0, 0.1) is 5.82 Å². The van der Waals surface area contributed by atoms with Crippen LogP contribution in [0.2, 0.25) is 0 Å². The third-order valence-corrected chi connectivity index (χ3v) is 2.19. The SMILES string of the molecule is Oc1ccc2c(c1F)CCC2. The van der Waals surface area contributed by atoms with Gasteiger partial charge in [-0.15, -0.1) is 0 Å². The first-order chi connectivity index (χ1) is 5.29. The minimum absolute atomic E-state index is 0.217. The number of phenolic OH excluding ortho intramolecular Hbond substituents is 1. The molecule has 0 saturated carbocycles. The van der Waals surface area contributed by atoms with E-state index in [4.69, 9.17) is 5.11 Å². The number of rotatable bonds is 0. The summed E-state index contributed by atoms with van der Waals surface area (Å²) in [4.78, 5) is 0.